The lowest BCUT2D eigenvalue weighted by molar-refractivity contribution is -0.117. The van der Waals surface area contributed by atoms with Crippen molar-refractivity contribution in [3.8, 4) is 0 Å². The number of anilines is 2. The zero-order valence-electron chi connectivity index (χ0n) is 15.2. The highest BCUT2D eigenvalue weighted by Gasteiger charge is 2.21. The van der Waals surface area contributed by atoms with E-state index in [-0.39, 0.29) is 5.91 Å². The molecule has 2 aromatic carbocycles. The summed E-state index contributed by atoms with van der Waals surface area (Å²) in [6, 6.07) is 13.3. The Labute approximate surface area is 185 Å². The zero-order valence-corrected chi connectivity index (χ0v) is 18.4. The second-order valence-corrected chi connectivity index (χ2v) is 8.66. The minimum atomic E-state index is 0.188. The van der Waals surface area contributed by atoms with Crippen molar-refractivity contribution in [2.75, 3.05) is 29.1 Å². The number of halogens is 2. The molecule has 0 unspecified atom stereocenters. The van der Waals surface area contributed by atoms with Crippen molar-refractivity contribution in [3.05, 3.63) is 58.1 Å². The normalized spacial score (nSPS) is 13.6. The van der Waals surface area contributed by atoms with Crippen molar-refractivity contribution < 1.29 is 4.79 Å². The Hall–Kier alpha value is -1.47. The van der Waals surface area contributed by atoms with E-state index in [1.807, 2.05) is 47.4 Å². The molecule has 0 spiro atoms. The predicted molar refractivity (Wildman–Crippen MR) is 125 cm³/mol. The molecular formula is C20H21Cl2N3OS2. The van der Waals surface area contributed by atoms with Crippen LogP contribution in [0.25, 0.3) is 0 Å². The molecule has 2 N–H and O–H groups in total. The van der Waals surface area contributed by atoms with Gasteiger partial charge in [0.25, 0.3) is 0 Å². The second kappa shape index (κ2) is 10.3. The van der Waals surface area contributed by atoms with E-state index in [2.05, 4.69) is 10.6 Å². The van der Waals surface area contributed by atoms with Gasteiger partial charge in [0.05, 0.1) is 0 Å². The monoisotopic (exact) mass is 453 g/mol. The highest BCUT2D eigenvalue weighted by atomic mass is 35.5. The number of rotatable bonds is 7. The van der Waals surface area contributed by atoms with Crippen molar-refractivity contribution >= 4 is 69.6 Å². The van der Waals surface area contributed by atoms with Crippen molar-refractivity contribution in [1.29, 1.82) is 0 Å². The van der Waals surface area contributed by atoms with Gasteiger partial charge in [-0.1, -0.05) is 29.3 Å². The third-order valence-electron chi connectivity index (χ3n) is 4.35. The van der Waals surface area contributed by atoms with Gasteiger partial charge in [0.2, 0.25) is 5.91 Å². The van der Waals surface area contributed by atoms with Crippen molar-refractivity contribution in [2.24, 2.45) is 0 Å². The lowest BCUT2D eigenvalue weighted by Gasteiger charge is -2.16. The van der Waals surface area contributed by atoms with E-state index in [0.717, 1.165) is 48.0 Å². The lowest BCUT2D eigenvalue weighted by atomic mass is 10.2. The van der Waals surface area contributed by atoms with Gasteiger partial charge in [0, 0.05) is 52.4 Å². The van der Waals surface area contributed by atoms with Crippen LogP contribution in [0.4, 0.5) is 11.4 Å². The van der Waals surface area contributed by atoms with Crippen LogP contribution in [0.1, 0.15) is 18.4 Å². The summed E-state index contributed by atoms with van der Waals surface area (Å²) in [6.07, 6.45) is 1.56. The topological polar surface area (TPSA) is 44.4 Å². The first-order valence-corrected chi connectivity index (χ1v) is 11.3. The minimum absolute atomic E-state index is 0.188. The molecule has 0 radical (unpaired) electrons. The quantitative estimate of drug-likeness (QED) is 0.437. The zero-order chi connectivity index (χ0) is 19.9. The molecule has 8 heteroatoms. The number of benzene rings is 2. The molecule has 1 amide bonds. The summed E-state index contributed by atoms with van der Waals surface area (Å²) in [5, 5.41) is 8.32. The maximum Gasteiger partial charge on any atom is 0.227 e. The molecule has 3 rings (SSSR count). The largest absolute Gasteiger partial charge is 0.362 e. The molecule has 28 heavy (non-hydrogen) atoms. The maximum atomic E-state index is 11.8. The Morgan fingerprint density at radius 3 is 2.50 bits per heavy atom. The first kappa shape index (κ1) is 21.2. The third kappa shape index (κ3) is 5.77. The van der Waals surface area contributed by atoms with Crippen molar-refractivity contribution in [3.63, 3.8) is 0 Å². The van der Waals surface area contributed by atoms with Crippen LogP contribution >= 0.6 is 47.2 Å². The molecule has 0 saturated carbocycles. The molecule has 0 bridgehead atoms. The van der Waals surface area contributed by atoms with Crippen LogP contribution in [0, 0.1) is 0 Å². The molecule has 1 aliphatic heterocycles. The molecule has 0 atom stereocenters. The van der Waals surface area contributed by atoms with Gasteiger partial charge in [0.15, 0.2) is 5.11 Å². The Kier molecular flexibility index (Phi) is 7.85. The average Bonchev–Trinajstić information content (AvgIpc) is 3.10. The Balaban J connectivity index is 1.38. The maximum absolute atomic E-state index is 11.8. The smallest absolute Gasteiger partial charge is 0.227 e. The number of hydrogen-bond acceptors (Lipinski definition) is 3. The van der Waals surface area contributed by atoms with Gasteiger partial charge in [-0.15, -0.1) is 0 Å². The number of hydrogen-bond donors (Lipinski definition) is 2. The van der Waals surface area contributed by atoms with Crippen LogP contribution in [0.5, 0.6) is 0 Å². The van der Waals surface area contributed by atoms with Gasteiger partial charge >= 0.3 is 0 Å². The van der Waals surface area contributed by atoms with Crippen molar-refractivity contribution in [1.82, 2.24) is 5.32 Å². The molecule has 1 saturated heterocycles. The lowest BCUT2D eigenvalue weighted by Crippen LogP contribution is -2.30. The van der Waals surface area contributed by atoms with Gasteiger partial charge < -0.3 is 15.5 Å². The second-order valence-electron chi connectivity index (χ2n) is 6.33. The number of carbonyl (C=O) groups is 1. The van der Waals surface area contributed by atoms with E-state index in [9.17, 15) is 4.79 Å². The Morgan fingerprint density at radius 1 is 1.14 bits per heavy atom. The fourth-order valence-corrected chi connectivity index (χ4v) is 4.72. The van der Waals surface area contributed by atoms with Crippen LogP contribution in [0.2, 0.25) is 10.0 Å². The van der Waals surface area contributed by atoms with E-state index in [4.69, 9.17) is 35.4 Å². The first-order chi connectivity index (χ1) is 13.5. The summed E-state index contributed by atoms with van der Waals surface area (Å²) in [4.78, 5) is 13.6. The molecule has 1 heterocycles. The van der Waals surface area contributed by atoms with Crippen LogP contribution in [0.15, 0.2) is 42.5 Å². The van der Waals surface area contributed by atoms with Gasteiger partial charge in [0.1, 0.15) is 0 Å². The summed E-state index contributed by atoms with van der Waals surface area (Å²) < 4.78 is 0. The Morgan fingerprint density at radius 2 is 1.86 bits per heavy atom. The number of nitrogens with zero attached hydrogens (tertiary/aromatic N) is 1. The minimum Gasteiger partial charge on any atom is -0.362 e. The number of thioether (sulfide) groups is 1. The fourth-order valence-electron chi connectivity index (χ4n) is 2.90. The summed E-state index contributed by atoms with van der Waals surface area (Å²) in [5.74, 6) is 1.82. The number of thiocarbonyl (C=S) groups is 1. The fraction of sp³-hybridized carbons (Fsp3) is 0.300. The molecular weight excluding hydrogens is 433 g/mol. The van der Waals surface area contributed by atoms with E-state index < -0.39 is 0 Å². The SMILES string of the molecule is O=C1CCCN1c1ccc(NC(=S)NCCSCc2c(Cl)cccc2Cl)cc1. The van der Waals surface area contributed by atoms with Crippen LogP contribution in [0.3, 0.4) is 0 Å². The predicted octanol–water partition coefficient (Wildman–Crippen LogP) is 5.34. The Bertz CT molecular complexity index is 826. The molecule has 2 aromatic rings. The molecule has 1 aliphatic rings. The molecule has 148 valence electrons. The summed E-state index contributed by atoms with van der Waals surface area (Å²) in [5.41, 5.74) is 2.79. The standard InChI is InChI=1S/C20H21Cl2N3OS2/c21-17-3-1-4-18(22)16(17)13-28-12-10-23-20(27)24-14-6-8-15(9-7-14)25-11-2-5-19(25)26/h1,3-4,6-9H,2,5,10-13H2,(H2,23,24,27). The highest BCUT2D eigenvalue weighted by Crippen LogP contribution is 2.28. The van der Waals surface area contributed by atoms with Crippen LogP contribution < -0.4 is 15.5 Å². The molecule has 0 aliphatic carbocycles. The molecule has 1 fully saturated rings. The van der Waals surface area contributed by atoms with Crippen LogP contribution in [-0.2, 0) is 10.5 Å². The number of nitrogens with one attached hydrogen (secondary N) is 2. The van der Waals surface area contributed by atoms with Gasteiger partial charge in [-0.25, -0.2) is 0 Å². The van der Waals surface area contributed by atoms with E-state index in [1.54, 1.807) is 11.8 Å². The van der Waals surface area contributed by atoms with E-state index in [1.165, 1.54) is 0 Å². The van der Waals surface area contributed by atoms with E-state index in [0.29, 0.717) is 21.6 Å². The molecule has 0 aromatic heterocycles. The summed E-state index contributed by atoms with van der Waals surface area (Å²) >= 11 is 19.4. The number of amides is 1. The van der Waals surface area contributed by atoms with Gasteiger partial charge in [-0.05, 0) is 60.6 Å². The molecule has 4 nitrogen and oxygen atoms in total. The van der Waals surface area contributed by atoms with Gasteiger partial charge in [-0.3, -0.25) is 4.79 Å². The highest BCUT2D eigenvalue weighted by molar-refractivity contribution is 7.98. The third-order valence-corrected chi connectivity index (χ3v) is 6.29. The summed E-state index contributed by atoms with van der Waals surface area (Å²) in [7, 11) is 0. The van der Waals surface area contributed by atoms with Gasteiger partial charge in [-0.2, -0.15) is 11.8 Å². The summed E-state index contributed by atoms with van der Waals surface area (Å²) in [6.45, 7) is 1.53. The van der Waals surface area contributed by atoms with E-state index >= 15 is 0 Å². The number of carbonyl (C=O) groups excluding carboxylic acids is 1. The first-order valence-electron chi connectivity index (χ1n) is 9.00. The average molecular weight is 454 g/mol. The van der Waals surface area contributed by atoms with Crippen molar-refractivity contribution in [2.45, 2.75) is 18.6 Å². The van der Waals surface area contributed by atoms with Crippen LogP contribution in [-0.4, -0.2) is 29.9 Å².